The van der Waals surface area contributed by atoms with Crippen LogP contribution in [0.3, 0.4) is 0 Å². The van der Waals surface area contributed by atoms with Crippen molar-refractivity contribution < 1.29 is 4.42 Å². The minimum Gasteiger partial charge on any atom is -0.459 e. The van der Waals surface area contributed by atoms with Crippen LogP contribution in [0.25, 0.3) is 11.0 Å². The Kier molecular flexibility index (Phi) is 6.16. The molecule has 142 valence electrons. The number of aryl methyl sites for hydroxylation is 1. The molecule has 1 saturated heterocycles. The quantitative estimate of drug-likeness (QED) is 0.634. The first-order chi connectivity index (χ1) is 12.6. The third kappa shape index (κ3) is 4.37. The van der Waals surface area contributed by atoms with Crippen molar-refractivity contribution in [3.05, 3.63) is 35.6 Å². The van der Waals surface area contributed by atoms with Gasteiger partial charge in [0.05, 0.1) is 0 Å². The molecule has 0 aliphatic carbocycles. The Morgan fingerprint density at radius 2 is 2.04 bits per heavy atom. The van der Waals surface area contributed by atoms with E-state index in [9.17, 15) is 0 Å². The lowest BCUT2D eigenvalue weighted by Crippen LogP contribution is -2.55. The van der Waals surface area contributed by atoms with Crippen molar-refractivity contribution in [2.45, 2.75) is 26.4 Å². The number of para-hydroxylation sites is 1. The van der Waals surface area contributed by atoms with Crippen LogP contribution in [0, 0.1) is 6.92 Å². The molecule has 2 aromatic rings. The zero-order valence-electron chi connectivity index (χ0n) is 16.4. The number of furan rings is 1. The first-order valence-electron chi connectivity index (χ1n) is 9.46. The number of fused-ring (bicyclic) bond motifs is 1. The standard InChI is InChI=1S/C20H31N5O/c1-5-21-20(22-12-16-14-24(3)10-11-25(16)4)23-13-19-15(2)17-8-6-7-9-18(17)26-19/h6-9,16H,5,10-14H2,1-4H3,(H2,21,22,23). The summed E-state index contributed by atoms with van der Waals surface area (Å²) in [6.07, 6.45) is 0. The van der Waals surface area contributed by atoms with E-state index >= 15 is 0 Å². The minimum atomic E-state index is 0.491. The smallest absolute Gasteiger partial charge is 0.191 e. The fourth-order valence-electron chi connectivity index (χ4n) is 3.40. The van der Waals surface area contributed by atoms with Crippen molar-refractivity contribution in [3.8, 4) is 0 Å². The maximum Gasteiger partial charge on any atom is 0.191 e. The van der Waals surface area contributed by atoms with Gasteiger partial charge in [-0.1, -0.05) is 18.2 Å². The van der Waals surface area contributed by atoms with E-state index < -0.39 is 0 Å². The summed E-state index contributed by atoms with van der Waals surface area (Å²) < 4.78 is 5.98. The minimum absolute atomic E-state index is 0.491. The number of guanidine groups is 1. The highest BCUT2D eigenvalue weighted by molar-refractivity contribution is 5.82. The van der Waals surface area contributed by atoms with Gasteiger partial charge >= 0.3 is 0 Å². The Labute approximate surface area is 156 Å². The first kappa shape index (κ1) is 18.7. The predicted molar refractivity (Wildman–Crippen MR) is 108 cm³/mol. The molecule has 0 bridgehead atoms. The van der Waals surface area contributed by atoms with E-state index in [1.54, 1.807) is 0 Å². The molecule has 6 heteroatoms. The Balaban J connectivity index is 1.65. The molecule has 0 spiro atoms. The van der Waals surface area contributed by atoms with Crippen LogP contribution >= 0.6 is 0 Å². The van der Waals surface area contributed by atoms with E-state index in [1.807, 2.05) is 18.2 Å². The normalized spacial score (nSPS) is 19.8. The molecule has 0 saturated carbocycles. The third-order valence-electron chi connectivity index (χ3n) is 5.15. The van der Waals surface area contributed by atoms with Crippen molar-refractivity contribution in [1.82, 2.24) is 20.4 Å². The maximum absolute atomic E-state index is 5.98. The van der Waals surface area contributed by atoms with Crippen molar-refractivity contribution in [1.29, 1.82) is 0 Å². The van der Waals surface area contributed by atoms with Gasteiger partial charge < -0.3 is 20.0 Å². The van der Waals surface area contributed by atoms with Crippen LogP contribution in [0.2, 0.25) is 0 Å². The van der Waals surface area contributed by atoms with Gasteiger partial charge in [0.1, 0.15) is 17.9 Å². The maximum atomic E-state index is 5.98. The lowest BCUT2D eigenvalue weighted by Gasteiger charge is -2.37. The monoisotopic (exact) mass is 357 g/mol. The number of aliphatic imine (C=N–C) groups is 1. The van der Waals surface area contributed by atoms with E-state index in [2.05, 4.69) is 54.4 Å². The van der Waals surface area contributed by atoms with E-state index in [4.69, 9.17) is 9.41 Å². The van der Waals surface area contributed by atoms with Gasteiger partial charge in [-0.15, -0.1) is 0 Å². The molecule has 1 aromatic carbocycles. The molecule has 2 N–H and O–H groups in total. The molecule has 0 amide bonds. The summed E-state index contributed by atoms with van der Waals surface area (Å²) in [4.78, 5) is 9.54. The lowest BCUT2D eigenvalue weighted by molar-refractivity contribution is 0.116. The Hall–Kier alpha value is -2.05. The van der Waals surface area contributed by atoms with Gasteiger partial charge in [0.25, 0.3) is 0 Å². The summed E-state index contributed by atoms with van der Waals surface area (Å²) in [6.45, 7) is 9.76. The summed E-state index contributed by atoms with van der Waals surface area (Å²) in [5, 5.41) is 8.00. The van der Waals surface area contributed by atoms with Gasteiger partial charge in [-0.3, -0.25) is 4.90 Å². The Bertz CT molecular complexity index is 754. The average molecular weight is 358 g/mol. The number of benzene rings is 1. The van der Waals surface area contributed by atoms with Gasteiger partial charge in [0.15, 0.2) is 5.96 Å². The lowest BCUT2D eigenvalue weighted by atomic mass is 10.1. The fourth-order valence-corrected chi connectivity index (χ4v) is 3.40. The topological polar surface area (TPSA) is 56.0 Å². The first-order valence-corrected chi connectivity index (χ1v) is 9.46. The Morgan fingerprint density at radius 1 is 1.23 bits per heavy atom. The zero-order chi connectivity index (χ0) is 18.5. The molecule has 26 heavy (non-hydrogen) atoms. The van der Waals surface area contributed by atoms with E-state index in [0.29, 0.717) is 12.6 Å². The van der Waals surface area contributed by atoms with Gasteiger partial charge in [0, 0.05) is 49.7 Å². The van der Waals surface area contributed by atoms with E-state index in [0.717, 1.165) is 50.0 Å². The number of nitrogens with zero attached hydrogens (tertiary/aromatic N) is 3. The summed E-state index contributed by atoms with van der Waals surface area (Å²) in [7, 11) is 4.38. The highest BCUT2D eigenvalue weighted by Gasteiger charge is 2.22. The molecule has 1 fully saturated rings. The van der Waals surface area contributed by atoms with Gasteiger partial charge in [0.2, 0.25) is 0 Å². The molecule has 0 radical (unpaired) electrons. The van der Waals surface area contributed by atoms with Crippen molar-refractivity contribution in [2.75, 3.05) is 46.8 Å². The number of likely N-dealkylation sites (N-methyl/N-ethyl adjacent to an activating group) is 2. The molecule has 1 aliphatic heterocycles. The van der Waals surface area contributed by atoms with Gasteiger partial charge in [-0.2, -0.15) is 0 Å². The van der Waals surface area contributed by atoms with Crippen molar-refractivity contribution >= 4 is 16.9 Å². The Morgan fingerprint density at radius 3 is 2.81 bits per heavy atom. The van der Waals surface area contributed by atoms with Gasteiger partial charge in [-0.05, 0) is 34.0 Å². The summed E-state index contributed by atoms with van der Waals surface area (Å²) in [6, 6.07) is 8.64. The number of hydrogen-bond acceptors (Lipinski definition) is 4. The van der Waals surface area contributed by atoms with Crippen LogP contribution in [0.1, 0.15) is 18.2 Å². The van der Waals surface area contributed by atoms with Crippen molar-refractivity contribution in [2.24, 2.45) is 4.99 Å². The summed E-state index contributed by atoms with van der Waals surface area (Å²) in [5.41, 5.74) is 2.11. The van der Waals surface area contributed by atoms with E-state index in [-0.39, 0.29) is 0 Å². The zero-order valence-corrected chi connectivity index (χ0v) is 16.4. The number of rotatable bonds is 5. The molecule has 6 nitrogen and oxygen atoms in total. The largest absolute Gasteiger partial charge is 0.459 e. The molecule has 3 rings (SSSR count). The second-order valence-electron chi connectivity index (χ2n) is 7.12. The van der Waals surface area contributed by atoms with Crippen LogP contribution in [-0.4, -0.2) is 68.6 Å². The third-order valence-corrected chi connectivity index (χ3v) is 5.15. The fraction of sp³-hybridized carbons (Fsp3) is 0.550. The van der Waals surface area contributed by atoms with Crippen LogP contribution in [-0.2, 0) is 6.54 Å². The van der Waals surface area contributed by atoms with Crippen LogP contribution < -0.4 is 10.6 Å². The predicted octanol–water partition coefficient (Wildman–Crippen LogP) is 2.04. The van der Waals surface area contributed by atoms with Crippen LogP contribution in [0.15, 0.2) is 33.7 Å². The van der Waals surface area contributed by atoms with Crippen LogP contribution in [0.4, 0.5) is 0 Å². The highest BCUT2D eigenvalue weighted by Crippen LogP contribution is 2.25. The van der Waals surface area contributed by atoms with E-state index in [1.165, 1.54) is 10.9 Å². The molecular weight excluding hydrogens is 326 g/mol. The molecule has 2 heterocycles. The summed E-state index contributed by atoms with van der Waals surface area (Å²) in [5.74, 6) is 1.77. The number of piperazine rings is 1. The summed E-state index contributed by atoms with van der Waals surface area (Å²) >= 11 is 0. The molecular formula is C20H31N5O. The second kappa shape index (κ2) is 8.56. The molecule has 1 aliphatic rings. The second-order valence-corrected chi connectivity index (χ2v) is 7.12. The van der Waals surface area contributed by atoms with Gasteiger partial charge in [-0.25, -0.2) is 4.99 Å². The van der Waals surface area contributed by atoms with Crippen LogP contribution in [0.5, 0.6) is 0 Å². The molecule has 1 atom stereocenters. The van der Waals surface area contributed by atoms with Crippen molar-refractivity contribution in [3.63, 3.8) is 0 Å². The highest BCUT2D eigenvalue weighted by atomic mass is 16.3. The molecule has 1 unspecified atom stereocenters. The SMILES string of the molecule is CCNC(=NCc1oc2ccccc2c1C)NCC1CN(C)CCN1C. The molecule has 1 aromatic heterocycles. The average Bonchev–Trinajstić information content (AvgIpc) is 2.96. The number of hydrogen-bond donors (Lipinski definition) is 2. The number of nitrogens with one attached hydrogen (secondary N) is 2.